The lowest BCUT2D eigenvalue weighted by Crippen LogP contribution is -1.93. The third-order valence-corrected chi connectivity index (χ3v) is 2.99. The zero-order chi connectivity index (χ0) is 13.9. The molecule has 0 aliphatic carbocycles. The van der Waals surface area contributed by atoms with Gasteiger partial charge in [0.1, 0.15) is 11.7 Å². The average Bonchev–Trinajstić information content (AvgIpc) is 2.86. The van der Waals surface area contributed by atoms with Gasteiger partial charge in [0.2, 0.25) is 5.76 Å². The van der Waals surface area contributed by atoms with Crippen LogP contribution >= 0.6 is 11.6 Å². The van der Waals surface area contributed by atoms with Gasteiger partial charge in [-0.3, -0.25) is 0 Å². The molecule has 0 saturated carbocycles. The molecular weight excluding hydrogens is 278 g/mol. The molecule has 0 bridgehead atoms. The highest BCUT2D eigenvalue weighted by Gasteiger charge is 2.16. The van der Waals surface area contributed by atoms with Crippen LogP contribution in [-0.4, -0.2) is 9.97 Å². The fraction of sp³-hybridized carbons (Fsp3) is 0.0714. The van der Waals surface area contributed by atoms with Crippen LogP contribution in [0.2, 0.25) is 0 Å². The summed E-state index contributed by atoms with van der Waals surface area (Å²) in [7, 11) is 0. The Hall–Kier alpha value is -2.58. The van der Waals surface area contributed by atoms with Gasteiger partial charge in [0, 0.05) is 18.0 Å². The van der Waals surface area contributed by atoms with E-state index in [1.165, 1.54) is 0 Å². The maximum absolute atomic E-state index is 9.10. The summed E-state index contributed by atoms with van der Waals surface area (Å²) in [5.74, 6) is 0.746. The molecule has 98 valence electrons. The Bertz CT molecular complexity index is 790. The largest absolute Gasteiger partial charge is 0.442 e. The minimum atomic E-state index is 0.0937. The molecule has 0 atom stereocenters. The van der Waals surface area contributed by atoms with Crippen LogP contribution in [0.15, 0.2) is 41.1 Å². The van der Waals surface area contributed by atoms with Crippen LogP contribution in [0.4, 0.5) is 0 Å². The van der Waals surface area contributed by atoms with Crippen LogP contribution in [0.5, 0.6) is 11.8 Å². The molecule has 3 rings (SSSR count). The molecule has 5 nitrogen and oxygen atoms in total. The van der Waals surface area contributed by atoms with Crippen molar-refractivity contribution in [2.24, 2.45) is 0 Å². The fourth-order valence-corrected chi connectivity index (χ4v) is 1.89. The SMILES string of the molecule is N#Cc1oc2ccccc2c1Oc1ncc(CCl)cn1. The van der Waals surface area contributed by atoms with Gasteiger partial charge in [-0.2, -0.15) is 5.26 Å². The number of halogens is 1. The first kappa shape index (κ1) is 12.5. The maximum atomic E-state index is 9.10. The van der Waals surface area contributed by atoms with Crippen molar-refractivity contribution < 1.29 is 9.15 Å². The van der Waals surface area contributed by atoms with Gasteiger partial charge in [-0.05, 0) is 12.1 Å². The first-order chi connectivity index (χ1) is 9.81. The number of benzene rings is 1. The van der Waals surface area contributed by atoms with Crippen LogP contribution in [0.25, 0.3) is 11.0 Å². The number of nitriles is 1. The van der Waals surface area contributed by atoms with Gasteiger partial charge in [-0.25, -0.2) is 9.97 Å². The monoisotopic (exact) mass is 285 g/mol. The highest BCUT2D eigenvalue weighted by atomic mass is 35.5. The molecule has 0 spiro atoms. The molecule has 6 heteroatoms. The molecule has 0 fully saturated rings. The summed E-state index contributed by atoms with van der Waals surface area (Å²) in [6.45, 7) is 0. The molecule has 20 heavy (non-hydrogen) atoms. The second-order valence-corrected chi connectivity index (χ2v) is 4.25. The number of hydrogen-bond donors (Lipinski definition) is 0. The number of para-hydroxylation sites is 1. The van der Waals surface area contributed by atoms with E-state index >= 15 is 0 Å². The zero-order valence-corrected chi connectivity index (χ0v) is 11.0. The summed E-state index contributed by atoms with van der Waals surface area (Å²) >= 11 is 5.67. The summed E-state index contributed by atoms with van der Waals surface area (Å²) in [6.07, 6.45) is 3.15. The Kier molecular flexibility index (Phi) is 3.23. The summed E-state index contributed by atoms with van der Waals surface area (Å²) in [6, 6.07) is 9.33. The predicted octanol–water partition coefficient (Wildman–Crippen LogP) is 3.63. The number of furan rings is 1. The van der Waals surface area contributed by atoms with E-state index in [9.17, 15) is 0 Å². The Morgan fingerprint density at radius 3 is 2.70 bits per heavy atom. The van der Waals surface area contributed by atoms with Crippen molar-refractivity contribution in [3.05, 3.63) is 48.0 Å². The Morgan fingerprint density at radius 1 is 1.25 bits per heavy atom. The van der Waals surface area contributed by atoms with Crippen LogP contribution in [0.1, 0.15) is 11.3 Å². The van der Waals surface area contributed by atoms with Crippen molar-refractivity contribution in [1.82, 2.24) is 9.97 Å². The number of ether oxygens (including phenoxy) is 1. The van der Waals surface area contributed by atoms with Crippen LogP contribution in [0.3, 0.4) is 0 Å². The second kappa shape index (κ2) is 5.19. The van der Waals surface area contributed by atoms with E-state index in [2.05, 4.69) is 9.97 Å². The van der Waals surface area contributed by atoms with E-state index < -0.39 is 0 Å². The highest BCUT2D eigenvalue weighted by Crippen LogP contribution is 2.34. The molecular formula is C14H8ClN3O2. The molecule has 0 saturated heterocycles. The van der Waals surface area contributed by atoms with Gasteiger partial charge in [-0.15, -0.1) is 11.6 Å². The first-order valence-electron chi connectivity index (χ1n) is 5.78. The quantitative estimate of drug-likeness (QED) is 0.687. The van der Waals surface area contributed by atoms with Crippen molar-refractivity contribution >= 4 is 22.6 Å². The minimum Gasteiger partial charge on any atom is -0.442 e. The zero-order valence-electron chi connectivity index (χ0n) is 10.2. The molecule has 2 aromatic heterocycles. The number of fused-ring (bicyclic) bond motifs is 1. The lowest BCUT2D eigenvalue weighted by atomic mass is 10.2. The van der Waals surface area contributed by atoms with Crippen LogP contribution in [0, 0.1) is 11.3 Å². The third-order valence-electron chi connectivity index (χ3n) is 2.68. The number of alkyl halides is 1. The lowest BCUT2D eigenvalue weighted by molar-refractivity contribution is 0.431. The smallest absolute Gasteiger partial charge is 0.322 e. The van der Waals surface area contributed by atoms with E-state index in [0.29, 0.717) is 22.6 Å². The average molecular weight is 286 g/mol. The van der Waals surface area contributed by atoms with Gasteiger partial charge in [0.05, 0.1) is 11.3 Å². The number of nitrogens with zero attached hydrogens (tertiary/aromatic N) is 3. The summed E-state index contributed by atoms with van der Waals surface area (Å²) in [5.41, 5.74) is 1.37. The molecule has 0 aliphatic heterocycles. The van der Waals surface area contributed by atoms with Gasteiger partial charge >= 0.3 is 6.01 Å². The van der Waals surface area contributed by atoms with E-state index in [0.717, 1.165) is 5.56 Å². The van der Waals surface area contributed by atoms with Crippen molar-refractivity contribution in [1.29, 1.82) is 5.26 Å². The molecule has 0 radical (unpaired) electrons. The van der Waals surface area contributed by atoms with Crippen molar-refractivity contribution in [2.75, 3.05) is 0 Å². The summed E-state index contributed by atoms with van der Waals surface area (Å²) in [4.78, 5) is 8.08. The van der Waals surface area contributed by atoms with Crippen LogP contribution in [-0.2, 0) is 5.88 Å². The van der Waals surface area contributed by atoms with Crippen LogP contribution < -0.4 is 4.74 Å². The molecule has 0 N–H and O–H groups in total. The Labute approximate surface area is 119 Å². The van der Waals surface area contributed by atoms with E-state index in [1.807, 2.05) is 24.3 Å². The summed E-state index contributed by atoms with van der Waals surface area (Å²) in [5, 5.41) is 9.80. The van der Waals surface area contributed by atoms with Gasteiger partial charge < -0.3 is 9.15 Å². The molecule has 1 aromatic carbocycles. The molecule has 0 amide bonds. The fourth-order valence-electron chi connectivity index (χ4n) is 1.75. The Balaban J connectivity index is 2.03. The topological polar surface area (TPSA) is 71.9 Å². The van der Waals surface area contributed by atoms with Gasteiger partial charge in [-0.1, -0.05) is 12.1 Å². The number of hydrogen-bond acceptors (Lipinski definition) is 5. The van der Waals surface area contributed by atoms with Crippen molar-refractivity contribution in [3.8, 4) is 17.8 Å². The standard InChI is InChI=1S/C14H8ClN3O2/c15-5-9-7-17-14(18-8-9)20-13-10-3-1-2-4-11(10)19-12(13)6-16/h1-4,7-8H,5H2. The molecule has 0 aliphatic rings. The molecule has 3 aromatic rings. The molecule has 0 unspecified atom stereocenters. The molecule has 2 heterocycles. The van der Waals surface area contributed by atoms with Gasteiger partial charge in [0.15, 0.2) is 5.75 Å². The first-order valence-corrected chi connectivity index (χ1v) is 6.31. The highest BCUT2D eigenvalue weighted by molar-refractivity contribution is 6.17. The van der Waals surface area contributed by atoms with E-state index in [-0.39, 0.29) is 11.8 Å². The minimum absolute atomic E-state index is 0.0937. The summed E-state index contributed by atoms with van der Waals surface area (Å²) < 4.78 is 11.0. The van der Waals surface area contributed by atoms with Gasteiger partial charge in [0.25, 0.3) is 0 Å². The van der Waals surface area contributed by atoms with E-state index in [1.54, 1.807) is 18.5 Å². The predicted molar refractivity (Wildman–Crippen MR) is 72.6 cm³/mol. The number of aromatic nitrogens is 2. The van der Waals surface area contributed by atoms with Crippen molar-refractivity contribution in [3.63, 3.8) is 0 Å². The van der Waals surface area contributed by atoms with Crippen molar-refractivity contribution in [2.45, 2.75) is 5.88 Å². The normalized spacial score (nSPS) is 10.4. The number of rotatable bonds is 3. The Morgan fingerprint density at radius 2 is 2.00 bits per heavy atom. The lowest BCUT2D eigenvalue weighted by Gasteiger charge is -2.02. The second-order valence-electron chi connectivity index (χ2n) is 3.98. The maximum Gasteiger partial charge on any atom is 0.322 e. The van der Waals surface area contributed by atoms with E-state index in [4.69, 9.17) is 26.0 Å². The third kappa shape index (κ3) is 2.17.